The molecule has 0 saturated heterocycles. The zero-order chi connectivity index (χ0) is 13.0. The van der Waals surface area contributed by atoms with Crippen LogP contribution in [0.25, 0.3) is 0 Å². The van der Waals surface area contributed by atoms with Crippen LogP contribution in [0.1, 0.15) is 11.1 Å². The van der Waals surface area contributed by atoms with E-state index < -0.39 is 6.10 Å². The summed E-state index contributed by atoms with van der Waals surface area (Å²) in [7, 11) is 0. The smallest absolute Gasteiger partial charge is 0.126 e. The molecule has 2 aromatic rings. The average molecular weight is 266 g/mol. The first-order valence-corrected chi connectivity index (χ1v) is 6.04. The Kier molecular flexibility index (Phi) is 4.28. The summed E-state index contributed by atoms with van der Waals surface area (Å²) in [5, 5.41) is 10.5. The van der Waals surface area contributed by atoms with Gasteiger partial charge in [0.1, 0.15) is 5.82 Å². The van der Waals surface area contributed by atoms with E-state index >= 15 is 0 Å². The maximum absolute atomic E-state index is 13.4. The maximum Gasteiger partial charge on any atom is 0.126 e. The van der Waals surface area contributed by atoms with Gasteiger partial charge in [0.2, 0.25) is 0 Å². The van der Waals surface area contributed by atoms with Crippen molar-refractivity contribution in [2.45, 2.75) is 18.9 Å². The van der Waals surface area contributed by atoms with Crippen molar-refractivity contribution in [1.29, 1.82) is 0 Å². The molecule has 0 aliphatic rings. The number of aliphatic hydroxyl groups excluding tert-OH is 1. The van der Waals surface area contributed by atoms with Crippen LogP contribution in [-0.4, -0.2) is 16.2 Å². The Hall–Kier alpha value is -1.45. The predicted octanol–water partition coefficient (Wildman–Crippen LogP) is 3.02. The number of aromatic nitrogens is 1. The molecule has 2 rings (SSSR count). The molecule has 0 bridgehead atoms. The van der Waals surface area contributed by atoms with Gasteiger partial charge in [0.15, 0.2) is 0 Å². The van der Waals surface area contributed by atoms with E-state index in [1.54, 1.807) is 30.5 Å². The van der Waals surface area contributed by atoms with Crippen LogP contribution in [0.3, 0.4) is 0 Å². The van der Waals surface area contributed by atoms with Crippen molar-refractivity contribution in [2.24, 2.45) is 0 Å². The zero-order valence-electron chi connectivity index (χ0n) is 9.68. The fourth-order valence-corrected chi connectivity index (χ4v) is 2.01. The quantitative estimate of drug-likeness (QED) is 0.922. The van der Waals surface area contributed by atoms with Gasteiger partial charge in [0.25, 0.3) is 0 Å². The third-order valence-corrected chi connectivity index (χ3v) is 3.07. The highest BCUT2D eigenvalue weighted by atomic mass is 35.5. The minimum absolute atomic E-state index is 0.269. The third-order valence-electron chi connectivity index (χ3n) is 2.73. The number of pyridine rings is 1. The first kappa shape index (κ1) is 13.0. The summed E-state index contributed by atoms with van der Waals surface area (Å²) in [4.78, 5) is 3.88. The molecule has 1 aromatic heterocycles. The Morgan fingerprint density at radius 3 is 2.61 bits per heavy atom. The molecule has 2 nitrogen and oxygen atoms in total. The maximum atomic E-state index is 13.4. The lowest BCUT2D eigenvalue weighted by atomic mass is 10.0. The summed E-state index contributed by atoms with van der Waals surface area (Å²) in [5.74, 6) is -0.294. The lowest BCUT2D eigenvalue weighted by Gasteiger charge is -2.12. The van der Waals surface area contributed by atoms with Crippen LogP contribution in [-0.2, 0) is 12.8 Å². The molecule has 0 saturated carbocycles. The molecule has 18 heavy (non-hydrogen) atoms. The number of benzene rings is 1. The van der Waals surface area contributed by atoms with Gasteiger partial charge in [0, 0.05) is 25.2 Å². The molecule has 1 N–H and O–H groups in total. The van der Waals surface area contributed by atoms with Crippen LogP contribution >= 0.6 is 11.6 Å². The minimum atomic E-state index is -0.665. The topological polar surface area (TPSA) is 33.1 Å². The van der Waals surface area contributed by atoms with Gasteiger partial charge in [-0.25, -0.2) is 4.39 Å². The Morgan fingerprint density at radius 2 is 1.89 bits per heavy atom. The molecule has 0 amide bonds. The van der Waals surface area contributed by atoms with E-state index in [9.17, 15) is 9.50 Å². The van der Waals surface area contributed by atoms with Crippen LogP contribution in [0.4, 0.5) is 4.39 Å². The van der Waals surface area contributed by atoms with Gasteiger partial charge in [-0.05, 0) is 23.3 Å². The first-order valence-electron chi connectivity index (χ1n) is 5.66. The molecule has 0 fully saturated rings. The molecule has 1 atom stereocenters. The Labute approximate surface area is 110 Å². The van der Waals surface area contributed by atoms with Crippen LogP contribution in [0, 0.1) is 5.82 Å². The Bertz CT molecular complexity index is 485. The van der Waals surface area contributed by atoms with Crippen LogP contribution in [0.5, 0.6) is 0 Å². The van der Waals surface area contributed by atoms with E-state index in [1.165, 1.54) is 12.3 Å². The lowest BCUT2D eigenvalue weighted by molar-refractivity contribution is 0.174. The van der Waals surface area contributed by atoms with E-state index in [4.69, 9.17) is 11.6 Å². The highest BCUT2D eigenvalue weighted by Crippen LogP contribution is 2.17. The van der Waals surface area contributed by atoms with Crippen molar-refractivity contribution in [3.05, 3.63) is 64.7 Å². The average Bonchev–Trinajstić information content (AvgIpc) is 2.35. The summed E-state index contributed by atoms with van der Waals surface area (Å²) in [6, 6.07) is 8.20. The van der Waals surface area contributed by atoms with Crippen LogP contribution in [0.15, 0.2) is 42.7 Å². The van der Waals surface area contributed by atoms with Crippen molar-refractivity contribution in [1.82, 2.24) is 4.98 Å². The molecule has 94 valence electrons. The predicted molar refractivity (Wildman–Crippen MR) is 69.1 cm³/mol. The van der Waals surface area contributed by atoms with Gasteiger partial charge < -0.3 is 5.11 Å². The van der Waals surface area contributed by atoms with Crippen molar-refractivity contribution < 1.29 is 9.50 Å². The minimum Gasteiger partial charge on any atom is -0.392 e. The number of hydrogen-bond donors (Lipinski definition) is 1. The molecule has 0 aliphatic heterocycles. The van der Waals surface area contributed by atoms with Gasteiger partial charge in [-0.2, -0.15) is 0 Å². The van der Waals surface area contributed by atoms with E-state index in [0.29, 0.717) is 17.0 Å². The molecule has 1 unspecified atom stereocenters. The van der Waals surface area contributed by atoms with Gasteiger partial charge in [-0.1, -0.05) is 29.8 Å². The third kappa shape index (κ3) is 3.28. The fourth-order valence-electron chi connectivity index (χ4n) is 1.81. The first-order chi connectivity index (χ1) is 8.66. The highest BCUT2D eigenvalue weighted by molar-refractivity contribution is 6.31. The van der Waals surface area contributed by atoms with Gasteiger partial charge in [-0.15, -0.1) is 0 Å². The largest absolute Gasteiger partial charge is 0.392 e. The van der Waals surface area contributed by atoms with Crippen molar-refractivity contribution in [2.75, 3.05) is 0 Å². The van der Waals surface area contributed by atoms with Crippen molar-refractivity contribution in [3.63, 3.8) is 0 Å². The second-order valence-corrected chi connectivity index (χ2v) is 4.53. The zero-order valence-corrected chi connectivity index (χ0v) is 10.4. The van der Waals surface area contributed by atoms with E-state index in [2.05, 4.69) is 4.98 Å². The van der Waals surface area contributed by atoms with E-state index in [0.717, 1.165) is 5.56 Å². The van der Waals surface area contributed by atoms with E-state index in [1.807, 2.05) is 0 Å². The summed E-state index contributed by atoms with van der Waals surface area (Å²) < 4.78 is 13.4. The second kappa shape index (κ2) is 5.94. The molecule has 0 aliphatic carbocycles. The van der Waals surface area contributed by atoms with Crippen molar-refractivity contribution >= 4 is 11.6 Å². The second-order valence-electron chi connectivity index (χ2n) is 4.12. The SMILES string of the molecule is OC(Cc1ccccc1F)Cc1ccncc1Cl. The molecular formula is C14H13ClFNO. The summed E-state index contributed by atoms with van der Waals surface area (Å²) >= 11 is 5.95. The fraction of sp³-hybridized carbons (Fsp3) is 0.214. The summed E-state index contributed by atoms with van der Waals surface area (Å²) in [6.07, 6.45) is 3.15. The number of aliphatic hydroxyl groups is 1. The Morgan fingerprint density at radius 1 is 1.17 bits per heavy atom. The summed E-state index contributed by atoms with van der Waals surface area (Å²) in [5.41, 5.74) is 1.32. The molecule has 0 radical (unpaired) electrons. The number of nitrogens with zero attached hydrogens (tertiary/aromatic N) is 1. The molecule has 1 aromatic carbocycles. The molecule has 0 spiro atoms. The van der Waals surface area contributed by atoms with Crippen LogP contribution < -0.4 is 0 Å². The number of rotatable bonds is 4. The van der Waals surface area contributed by atoms with Gasteiger partial charge in [-0.3, -0.25) is 4.98 Å². The summed E-state index contributed by atoms with van der Waals surface area (Å²) in [6.45, 7) is 0. The normalized spacial score (nSPS) is 12.4. The molecular weight excluding hydrogens is 253 g/mol. The van der Waals surface area contributed by atoms with Gasteiger partial charge >= 0.3 is 0 Å². The van der Waals surface area contributed by atoms with Gasteiger partial charge in [0.05, 0.1) is 11.1 Å². The van der Waals surface area contributed by atoms with E-state index in [-0.39, 0.29) is 12.2 Å². The van der Waals surface area contributed by atoms with Crippen molar-refractivity contribution in [3.8, 4) is 0 Å². The Balaban J connectivity index is 2.04. The van der Waals surface area contributed by atoms with Crippen LogP contribution in [0.2, 0.25) is 5.02 Å². The monoisotopic (exact) mass is 265 g/mol. The molecule has 4 heteroatoms. The standard InChI is InChI=1S/C14H13ClFNO/c15-13-9-17-6-5-10(13)7-12(18)8-11-3-1-2-4-14(11)16/h1-6,9,12,18H,7-8H2. The number of halogens is 2. The highest BCUT2D eigenvalue weighted by Gasteiger charge is 2.11. The lowest BCUT2D eigenvalue weighted by Crippen LogP contribution is -2.15. The number of hydrogen-bond acceptors (Lipinski definition) is 2. The molecule has 1 heterocycles.